The number of aromatic amines is 1. The molecule has 3 heteroatoms. The molecule has 1 aliphatic carbocycles. The smallest absolute Gasteiger partial charge is 0.235 e. The maximum atomic E-state index is 12.5. The minimum Gasteiger partial charge on any atom is -0.354 e. The summed E-state index contributed by atoms with van der Waals surface area (Å²) in [5.41, 5.74) is 3.98. The zero-order chi connectivity index (χ0) is 16.6. The molecule has 1 aliphatic rings. The molecule has 2 aromatic rings. The van der Waals surface area contributed by atoms with Crippen LogP contribution in [-0.2, 0) is 4.79 Å². The summed E-state index contributed by atoms with van der Waals surface area (Å²) in [5, 5.41) is 0.855. The number of hydrogen-bond acceptors (Lipinski definition) is 2. The molecule has 1 aromatic heterocycles. The number of benzene rings is 1. The average Bonchev–Trinajstić information content (AvgIpc) is 2.91. The van der Waals surface area contributed by atoms with Crippen molar-refractivity contribution in [2.45, 2.75) is 46.5 Å². The summed E-state index contributed by atoms with van der Waals surface area (Å²) in [7, 11) is 0. The van der Waals surface area contributed by atoms with Crippen molar-refractivity contribution in [3.8, 4) is 0 Å². The van der Waals surface area contributed by atoms with Crippen LogP contribution in [0.1, 0.15) is 62.5 Å². The summed E-state index contributed by atoms with van der Waals surface area (Å²) >= 11 is 0. The number of para-hydroxylation sites is 1. The first-order valence-corrected chi connectivity index (χ1v) is 8.40. The summed E-state index contributed by atoms with van der Waals surface area (Å²) in [4.78, 5) is 28.2. The van der Waals surface area contributed by atoms with Crippen molar-refractivity contribution in [3.63, 3.8) is 0 Å². The van der Waals surface area contributed by atoms with E-state index < -0.39 is 0 Å². The predicted molar refractivity (Wildman–Crippen MR) is 93.5 cm³/mol. The predicted octanol–water partition coefficient (Wildman–Crippen LogP) is 4.92. The summed E-state index contributed by atoms with van der Waals surface area (Å²) < 4.78 is 0. The Morgan fingerprint density at radius 1 is 1.04 bits per heavy atom. The first-order chi connectivity index (χ1) is 11.0. The Morgan fingerprint density at radius 3 is 2.52 bits per heavy atom. The highest BCUT2D eigenvalue weighted by Gasteiger charge is 2.33. The standard InChI is InChI=1S/C20H23NO2/c1-12(2)8-4-5-9-14-13(3)19(22)20(23)17-15-10-6-7-11-16(15)21-18(14)17/h6-7,10-12,21H,4-5,8-9H2,1-3H3. The van der Waals surface area contributed by atoms with Gasteiger partial charge in [-0.15, -0.1) is 0 Å². The van der Waals surface area contributed by atoms with E-state index in [1.165, 1.54) is 6.42 Å². The van der Waals surface area contributed by atoms with E-state index in [1.54, 1.807) is 6.92 Å². The SMILES string of the molecule is CC1=C(CCCCC(C)C)c2[nH]c3ccccc3c2C(=O)C1=O. The third-order valence-corrected chi connectivity index (χ3v) is 4.69. The van der Waals surface area contributed by atoms with E-state index in [4.69, 9.17) is 0 Å². The molecule has 0 radical (unpaired) electrons. The van der Waals surface area contributed by atoms with E-state index >= 15 is 0 Å². The van der Waals surface area contributed by atoms with E-state index in [0.29, 0.717) is 17.1 Å². The third kappa shape index (κ3) is 2.76. The zero-order valence-electron chi connectivity index (χ0n) is 14.0. The van der Waals surface area contributed by atoms with Crippen molar-refractivity contribution in [1.82, 2.24) is 4.98 Å². The molecule has 120 valence electrons. The van der Waals surface area contributed by atoms with Gasteiger partial charge in [-0.25, -0.2) is 0 Å². The lowest BCUT2D eigenvalue weighted by Gasteiger charge is -2.17. The Balaban J connectivity index is 1.99. The van der Waals surface area contributed by atoms with Gasteiger partial charge in [0.15, 0.2) is 0 Å². The zero-order valence-corrected chi connectivity index (χ0v) is 14.0. The van der Waals surface area contributed by atoms with Crippen molar-refractivity contribution in [2.24, 2.45) is 5.92 Å². The van der Waals surface area contributed by atoms with Crippen LogP contribution in [0.25, 0.3) is 16.5 Å². The summed E-state index contributed by atoms with van der Waals surface area (Å²) in [5.74, 6) is -0.0229. The first-order valence-electron chi connectivity index (χ1n) is 8.40. The van der Waals surface area contributed by atoms with Gasteiger partial charge in [0.2, 0.25) is 11.6 Å². The minimum atomic E-state index is -0.374. The largest absolute Gasteiger partial charge is 0.354 e. The van der Waals surface area contributed by atoms with Gasteiger partial charge in [0.1, 0.15) is 0 Å². The molecule has 0 unspecified atom stereocenters. The number of aromatic nitrogens is 1. The Morgan fingerprint density at radius 2 is 1.78 bits per heavy atom. The number of fused-ring (bicyclic) bond motifs is 3. The van der Waals surface area contributed by atoms with Crippen LogP contribution in [-0.4, -0.2) is 16.6 Å². The fourth-order valence-corrected chi connectivity index (χ4v) is 3.38. The molecule has 0 atom stereocenters. The van der Waals surface area contributed by atoms with Gasteiger partial charge < -0.3 is 4.98 Å². The first kappa shape index (κ1) is 15.7. The molecule has 0 amide bonds. The van der Waals surface area contributed by atoms with Gasteiger partial charge in [0, 0.05) is 16.5 Å². The van der Waals surface area contributed by atoms with Crippen molar-refractivity contribution >= 4 is 28.0 Å². The van der Waals surface area contributed by atoms with Crippen LogP contribution in [0.4, 0.5) is 0 Å². The van der Waals surface area contributed by atoms with Crippen LogP contribution in [0.5, 0.6) is 0 Å². The number of allylic oxidation sites excluding steroid dienone is 2. The Kier molecular flexibility index (Phi) is 4.20. The van der Waals surface area contributed by atoms with Crippen molar-refractivity contribution in [2.75, 3.05) is 0 Å². The Bertz CT molecular complexity index is 808. The van der Waals surface area contributed by atoms with Gasteiger partial charge in [-0.1, -0.05) is 44.9 Å². The lowest BCUT2D eigenvalue weighted by Crippen LogP contribution is -2.22. The summed E-state index contributed by atoms with van der Waals surface area (Å²) in [6.45, 7) is 6.23. The minimum absolute atomic E-state index is 0.346. The maximum Gasteiger partial charge on any atom is 0.235 e. The Labute approximate surface area is 136 Å². The van der Waals surface area contributed by atoms with Crippen LogP contribution in [0.2, 0.25) is 0 Å². The summed E-state index contributed by atoms with van der Waals surface area (Å²) in [6, 6.07) is 7.71. The molecule has 0 bridgehead atoms. The van der Waals surface area contributed by atoms with Crippen LogP contribution < -0.4 is 0 Å². The molecule has 3 nitrogen and oxygen atoms in total. The molecule has 0 saturated heterocycles. The highest BCUT2D eigenvalue weighted by atomic mass is 16.2. The molecular formula is C20H23NO2. The van der Waals surface area contributed by atoms with E-state index in [-0.39, 0.29) is 11.6 Å². The van der Waals surface area contributed by atoms with E-state index in [9.17, 15) is 9.59 Å². The van der Waals surface area contributed by atoms with Gasteiger partial charge in [0.25, 0.3) is 0 Å². The van der Waals surface area contributed by atoms with E-state index in [0.717, 1.165) is 41.4 Å². The van der Waals surface area contributed by atoms with Gasteiger partial charge >= 0.3 is 0 Å². The highest BCUT2D eigenvalue weighted by Crippen LogP contribution is 2.36. The summed E-state index contributed by atoms with van der Waals surface area (Å²) in [6.07, 6.45) is 4.23. The van der Waals surface area contributed by atoms with Crippen molar-refractivity contribution < 1.29 is 9.59 Å². The number of hydrogen-bond donors (Lipinski definition) is 1. The second kappa shape index (κ2) is 6.15. The number of rotatable bonds is 5. The average molecular weight is 309 g/mol. The fourth-order valence-electron chi connectivity index (χ4n) is 3.38. The van der Waals surface area contributed by atoms with E-state index in [2.05, 4.69) is 18.8 Å². The van der Waals surface area contributed by atoms with Crippen LogP contribution in [0.15, 0.2) is 29.8 Å². The molecule has 0 fully saturated rings. The monoisotopic (exact) mass is 309 g/mol. The molecular weight excluding hydrogens is 286 g/mol. The molecule has 3 rings (SSSR count). The number of ketones is 2. The number of unbranched alkanes of at least 4 members (excludes halogenated alkanes) is 1. The van der Waals surface area contributed by atoms with Gasteiger partial charge in [-0.2, -0.15) is 0 Å². The second-order valence-electron chi connectivity index (χ2n) is 6.82. The lowest BCUT2D eigenvalue weighted by molar-refractivity contribution is -0.111. The quantitative estimate of drug-likeness (QED) is 0.629. The second-order valence-corrected chi connectivity index (χ2v) is 6.82. The van der Waals surface area contributed by atoms with Gasteiger partial charge in [-0.3, -0.25) is 9.59 Å². The molecule has 0 saturated carbocycles. The topological polar surface area (TPSA) is 49.9 Å². The number of Topliss-reactive ketones (excluding diaryl/α,β-unsaturated/α-hetero) is 2. The molecule has 0 aliphatic heterocycles. The fraction of sp³-hybridized carbons (Fsp3) is 0.400. The third-order valence-electron chi connectivity index (χ3n) is 4.69. The number of nitrogens with one attached hydrogen (secondary N) is 1. The number of carbonyl (C=O) groups is 2. The molecule has 0 spiro atoms. The van der Waals surface area contributed by atoms with Crippen LogP contribution in [0, 0.1) is 5.92 Å². The molecule has 1 N–H and O–H groups in total. The van der Waals surface area contributed by atoms with E-state index in [1.807, 2.05) is 24.3 Å². The molecule has 23 heavy (non-hydrogen) atoms. The number of H-pyrrole nitrogens is 1. The van der Waals surface area contributed by atoms with Crippen molar-refractivity contribution in [1.29, 1.82) is 0 Å². The normalized spacial score (nSPS) is 15.0. The molecule has 1 aromatic carbocycles. The lowest BCUT2D eigenvalue weighted by atomic mass is 9.85. The number of carbonyl (C=O) groups excluding carboxylic acids is 2. The highest BCUT2D eigenvalue weighted by molar-refractivity contribution is 6.54. The van der Waals surface area contributed by atoms with Gasteiger partial charge in [-0.05, 0) is 37.3 Å². The Hall–Kier alpha value is -2.16. The van der Waals surface area contributed by atoms with Crippen LogP contribution >= 0.6 is 0 Å². The van der Waals surface area contributed by atoms with Crippen LogP contribution in [0.3, 0.4) is 0 Å². The van der Waals surface area contributed by atoms with Gasteiger partial charge in [0.05, 0.1) is 11.3 Å². The maximum absolute atomic E-state index is 12.5. The molecule has 1 heterocycles. The van der Waals surface area contributed by atoms with Crippen molar-refractivity contribution in [3.05, 3.63) is 41.1 Å².